The Hall–Kier alpha value is -1.95. The number of hydrogen-bond acceptors (Lipinski definition) is 4. The molecule has 0 aliphatic heterocycles. The molecule has 1 amide bonds. The minimum Gasteiger partial charge on any atom is -0.478 e. The van der Waals surface area contributed by atoms with E-state index in [1.165, 1.54) is 19.4 Å². The lowest BCUT2D eigenvalue weighted by Crippen LogP contribution is -2.19. The quantitative estimate of drug-likeness (QED) is 0.736. The first-order chi connectivity index (χ1) is 7.57. The lowest BCUT2D eigenvalue weighted by molar-refractivity contribution is 0.0695. The Morgan fingerprint density at radius 3 is 2.75 bits per heavy atom. The van der Waals surface area contributed by atoms with Gasteiger partial charge in [-0.15, -0.1) is 0 Å². The smallest absolute Gasteiger partial charge is 0.336 e. The summed E-state index contributed by atoms with van der Waals surface area (Å²) in [5.41, 5.74) is 5.44. The molecule has 0 aliphatic rings. The highest BCUT2D eigenvalue weighted by Crippen LogP contribution is 2.13. The fourth-order valence-electron chi connectivity index (χ4n) is 1.36. The van der Waals surface area contributed by atoms with E-state index >= 15 is 0 Å². The van der Waals surface area contributed by atoms with Gasteiger partial charge in [0, 0.05) is 18.9 Å². The number of methoxy groups -OCH3 is 1. The number of aromatic carboxylic acids is 1. The summed E-state index contributed by atoms with van der Waals surface area (Å²) < 4.78 is 4.84. The van der Waals surface area contributed by atoms with Crippen molar-refractivity contribution in [2.24, 2.45) is 5.73 Å². The standard InChI is InChI=1S/C10H12N2O4/c1-16-5-3-6-7(10(14)15)2-4-12-8(6)9(11)13/h2,4H,3,5H2,1H3,(H2,11,13)(H,14,15). The minimum atomic E-state index is -1.11. The molecule has 1 rings (SSSR count). The zero-order valence-electron chi connectivity index (χ0n) is 8.77. The summed E-state index contributed by atoms with van der Waals surface area (Å²) in [5, 5.41) is 8.95. The number of carboxylic acid groups (broad SMARTS) is 1. The van der Waals surface area contributed by atoms with Crippen LogP contribution >= 0.6 is 0 Å². The molecule has 16 heavy (non-hydrogen) atoms. The fourth-order valence-corrected chi connectivity index (χ4v) is 1.36. The zero-order chi connectivity index (χ0) is 12.1. The number of aromatic nitrogens is 1. The largest absolute Gasteiger partial charge is 0.478 e. The van der Waals surface area contributed by atoms with Gasteiger partial charge in [0.15, 0.2) is 0 Å². The number of carbonyl (C=O) groups excluding carboxylic acids is 1. The molecule has 86 valence electrons. The molecule has 6 heteroatoms. The third kappa shape index (κ3) is 2.54. The predicted molar refractivity (Wildman–Crippen MR) is 55.3 cm³/mol. The number of rotatable bonds is 5. The second-order valence-electron chi connectivity index (χ2n) is 3.10. The lowest BCUT2D eigenvalue weighted by Gasteiger charge is -2.08. The normalized spacial score (nSPS) is 10.1. The molecular formula is C10H12N2O4. The van der Waals surface area contributed by atoms with Crippen molar-refractivity contribution in [2.75, 3.05) is 13.7 Å². The number of nitrogens with two attached hydrogens (primary N) is 1. The molecule has 0 saturated carbocycles. The van der Waals surface area contributed by atoms with Crippen LogP contribution in [0.25, 0.3) is 0 Å². The first-order valence-electron chi connectivity index (χ1n) is 4.57. The number of hydrogen-bond donors (Lipinski definition) is 2. The molecule has 0 spiro atoms. The van der Waals surface area contributed by atoms with Crippen LogP contribution in [0.3, 0.4) is 0 Å². The van der Waals surface area contributed by atoms with Gasteiger partial charge in [0.1, 0.15) is 5.69 Å². The maximum absolute atomic E-state index is 11.1. The Morgan fingerprint density at radius 2 is 2.25 bits per heavy atom. The van der Waals surface area contributed by atoms with E-state index in [0.29, 0.717) is 12.2 Å². The summed E-state index contributed by atoms with van der Waals surface area (Å²) in [6.45, 7) is 0.298. The SMILES string of the molecule is COCCc1c(C(=O)O)ccnc1C(N)=O. The van der Waals surface area contributed by atoms with Gasteiger partial charge in [-0.1, -0.05) is 0 Å². The van der Waals surface area contributed by atoms with Gasteiger partial charge in [0.2, 0.25) is 0 Å². The molecule has 6 nitrogen and oxygen atoms in total. The molecule has 0 atom stereocenters. The highest BCUT2D eigenvalue weighted by molar-refractivity contribution is 5.97. The van der Waals surface area contributed by atoms with E-state index in [4.69, 9.17) is 15.6 Å². The molecule has 3 N–H and O–H groups in total. The molecule has 0 fully saturated rings. The fraction of sp³-hybridized carbons (Fsp3) is 0.300. The topological polar surface area (TPSA) is 103 Å². The van der Waals surface area contributed by atoms with Gasteiger partial charge < -0.3 is 15.6 Å². The predicted octanol–water partition coefficient (Wildman–Crippen LogP) is 0.0676. The maximum atomic E-state index is 11.1. The maximum Gasteiger partial charge on any atom is 0.336 e. The molecule has 0 saturated heterocycles. The van der Waals surface area contributed by atoms with Crippen LogP contribution in [0.2, 0.25) is 0 Å². The molecule has 1 heterocycles. The Bertz CT molecular complexity index is 385. The van der Waals surface area contributed by atoms with Gasteiger partial charge in [-0.25, -0.2) is 4.79 Å². The summed E-state index contributed by atoms with van der Waals surface area (Å²) >= 11 is 0. The van der Waals surface area contributed by atoms with Crippen molar-refractivity contribution in [3.05, 3.63) is 29.1 Å². The van der Waals surface area contributed by atoms with Gasteiger partial charge in [-0.2, -0.15) is 0 Å². The number of nitrogens with zero attached hydrogens (tertiary/aromatic N) is 1. The Labute approximate surface area is 92.0 Å². The van der Waals surface area contributed by atoms with Crippen molar-refractivity contribution < 1.29 is 19.4 Å². The first kappa shape index (κ1) is 12.1. The van der Waals surface area contributed by atoms with Gasteiger partial charge in [0.05, 0.1) is 12.2 Å². The van der Waals surface area contributed by atoms with Crippen LogP contribution in [-0.4, -0.2) is 35.7 Å². The summed E-state index contributed by atoms with van der Waals surface area (Å²) in [7, 11) is 1.49. The Balaban J connectivity index is 3.23. The second-order valence-corrected chi connectivity index (χ2v) is 3.10. The number of carbonyl (C=O) groups is 2. The van der Waals surface area contributed by atoms with Gasteiger partial charge in [-0.05, 0) is 12.5 Å². The summed E-state index contributed by atoms with van der Waals surface area (Å²) in [6.07, 6.45) is 1.53. The van der Waals surface area contributed by atoms with E-state index in [0.717, 1.165) is 0 Å². The second kappa shape index (κ2) is 5.22. The Kier molecular flexibility index (Phi) is 3.96. The molecule has 0 unspecified atom stereocenters. The first-order valence-corrected chi connectivity index (χ1v) is 4.57. The molecule has 0 aromatic carbocycles. The highest BCUT2D eigenvalue weighted by atomic mass is 16.5. The van der Waals surface area contributed by atoms with Gasteiger partial charge in [-0.3, -0.25) is 9.78 Å². The third-order valence-electron chi connectivity index (χ3n) is 2.08. The van der Waals surface area contributed by atoms with Crippen molar-refractivity contribution in [2.45, 2.75) is 6.42 Å². The van der Waals surface area contributed by atoms with E-state index in [9.17, 15) is 9.59 Å². The average Bonchev–Trinajstić information content (AvgIpc) is 2.25. The van der Waals surface area contributed by atoms with E-state index in [1.807, 2.05) is 0 Å². The van der Waals surface area contributed by atoms with E-state index in [2.05, 4.69) is 4.98 Å². The van der Waals surface area contributed by atoms with Gasteiger partial charge in [0.25, 0.3) is 5.91 Å². The van der Waals surface area contributed by atoms with Crippen LogP contribution in [-0.2, 0) is 11.2 Å². The van der Waals surface area contributed by atoms with Crippen LogP contribution < -0.4 is 5.73 Å². The number of carboxylic acids is 1. The number of amides is 1. The number of pyridine rings is 1. The Morgan fingerprint density at radius 1 is 1.56 bits per heavy atom. The average molecular weight is 224 g/mol. The monoisotopic (exact) mass is 224 g/mol. The third-order valence-corrected chi connectivity index (χ3v) is 2.08. The van der Waals surface area contributed by atoms with E-state index < -0.39 is 11.9 Å². The molecule has 1 aromatic heterocycles. The molecule has 0 aliphatic carbocycles. The van der Waals surface area contributed by atoms with Gasteiger partial charge >= 0.3 is 5.97 Å². The van der Waals surface area contributed by atoms with Crippen molar-refractivity contribution >= 4 is 11.9 Å². The highest BCUT2D eigenvalue weighted by Gasteiger charge is 2.17. The van der Waals surface area contributed by atoms with Crippen molar-refractivity contribution in [3.8, 4) is 0 Å². The lowest BCUT2D eigenvalue weighted by atomic mass is 10.0. The van der Waals surface area contributed by atoms with E-state index in [1.54, 1.807) is 0 Å². The summed E-state index contributed by atoms with van der Waals surface area (Å²) in [6, 6.07) is 1.33. The molecule has 0 bridgehead atoms. The van der Waals surface area contributed by atoms with E-state index in [-0.39, 0.29) is 17.7 Å². The molecular weight excluding hydrogens is 212 g/mol. The number of primary amides is 1. The molecule has 1 aromatic rings. The van der Waals surface area contributed by atoms with Crippen molar-refractivity contribution in [1.29, 1.82) is 0 Å². The zero-order valence-corrected chi connectivity index (χ0v) is 8.77. The van der Waals surface area contributed by atoms with Crippen LogP contribution in [0.5, 0.6) is 0 Å². The summed E-state index contributed by atoms with van der Waals surface area (Å²) in [5.74, 6) is -1.86. The van der Waals surface area contributed by atoms with Crippen molar-refractivity contribution in [3.63, 3.8) is 0 Å². The van der Waals surface area contributed by atoms with Crippen LogP contribution in [0.1, 0.15) is 26.4 Å². The number of ether oxygens (including phenoxy) is 1. The van der Waals surface area contributed by atoms with Crippen molar-refractivity contribution in [1.82, 2.24) is 4.98 Å². The van der Waals surface area contributed by atoms with Crippen LogP contribution in [0.4, 0.5) is 0 Å². The minimum absolute atomic E-state index is 0.0167. The van der Waals surface area contributed by atoms with Crippen LogP contribution in [0.15, 0.2) is 12.3 Å². The molecule has 0 radical (unpaired) electrons. The summed E-state index contributed by atoms with van der Waals surface area (Å²) in [4.78, 5) is 25.8. The van der Waals surface area contributed by atoms with Crippen LogP contribution in [0, 0.1) is 0 Å².